The van der Waals surface area contributed by atoms with Crippen molar-refractivity contribution in [2.45, 2.75) is 24.9 Å². The molecule has 1 N–H and O–H groups in total. The molecule has 0 radical (unpaired) electrons. The molecular formula is C16H16O. The van der Waals surface area contributed by atoms with E-state index >= 15 is 0 Å². The largest absolute Gasteiger partial charge is 0.388 e. The summed E-state index contributed by atoms with van der Waals surface area (Å²) >= 11 is 0. The SMILES string of the molecule is O[C@H]1CC[C@H](c2ccccc2)c2ccccc21. The maximum atomic E-state index is 10.0. The van der Waals surface area contributed by atoms with Gasteiger partial charge in [0.25, 0.3) is 0 Å². The van der Waals surface area contributed by atoms with Crippen molar-refractivity contribution in [3.05, 3.63) is 71.3 Å². The maximum absolute atomic E-state index is 10.0. The Morgan fingerprint density at radius 1 is 0.765 bits per heavy atom. The number of hydrogen-bond donors (Lipinski definition) is 1. The normalized spacial score (nSPS) is 23.1. The fourth-order valence-corrected chi connectivity index (χ4v) is 2.80. The van der Waals surface area contributed by atoms with E-state index in [4.69, 9.17) is 0 Å². The highest BCUT2D eigenvalue weighted by Crippen LogP contribution is 2.40. The molecule has 17 heavy (non-hydrogen) atoms. The predicted molar refractivity (Wildman–Crippen MR) is 68.9 cm³/mol. The van der Waals surface area contributed by atoms with E-state index in [0.717, 1.165) is 18.4 Å². The van der Waals surface area contributed by atoms with Crippen LogP contribution >= 0.6 is 0 Å². The third-order valence-corrected chi connectivity index (χ3v) is 3.66. The minimum absolute atomic E-state index is 0.286. The van der Waals surface area contributed by atoms with Gasteiger partial charge in [-0.2, -0.15) is 0 Å². The minimum atomic E-state index is -0.286. The van der Waals surface area contributed by atoms with E-state index < -0.39 is 0 Å². The molecule has 0 saturated carbocycles. The highest BCUT2D eigenvalue weighted by molar-refractivity contribution is 5.40. The van der Waals surface area contributed by atoms with Crippen LogP contribution in [0.25, 0.3) is 0 Å². The highest BCUT2D eigenvalue weighted by atomic mass is 16.3. The highest BCUT2D eigenvalue weighted by Gasteiger charge is 2.26. The second kappa shape index (κ2) is 4.34. The Hall–Kier alpha value is -1.60. The van der Waals surface area contributed by atoms with Crippen LogP contribution < -0.4 is 0 Å². The van der Waals surface area contributed by atoms with E-state index in [1.54, 1.807) is 0 Å². The lowest BCUT2D eigenvalue weighted by molar-refractivity contribution is 0.153. The molecule has 1 nitrogen and oxygen atoms in total. The van der Waals surface area contributed by atoms with Gasteiger partial charge < -0.3 is 5.11 Å². The van der Waals surface area contributed by atoms with Crippen LogP contribution in [0.1, 0.15) is 41.6 Å². The van der Waals surface area contributed by atoms with Crippen LogP contribution in [0.15, 0.2) is 54.6 Å². The van der Waals surface area contributed by atoms with Crippen molar-refractivity contribution < 1.29 is 5.11 Å². The molecule has 2 atom stereocenters. The number of fused-ring (bicyclic) bond motifs is 1. The molecule has 0 heterocycles. The number of benzene rings is 2. The summed E-state index contributed by atoms with van der Waals surface area (Å²) in [6.45, 7) is 0. The van der Waals surface area contributed by atoms with Crippen molar-refractivity contribution in [3.8, 4) is 0 Å². The van der Waals surface area contributed by atoms with Crippen LogP contribution in [0, 0.1) is 0 Å². The van der Waals surface area contributed by atoms with E-state index in [2.05, 4.69) is 42.5 Å². The zero-order valence-electron chi connectivity index (χ0n) is 9.71. The van der Waals surface area contributed by atoms with Gasteiger partial charge in [0.2, 0.25) is 0 Å². The molecule has 0 spiro atoms. The van der Waals surface area contributed by atoms with Gasteiger partial charge in [0.15, 0.2) is 0 Å². The van der Waals surface area contributed by atoms with Gasteiger partial charge in [0, 0.05) is 5.92 Å². The monoisotopic (exact) mass is 224 g/mol. The molecule has 1 heteroatoms. The Kier molecular flexibility index (Phi) is 2.69. The first kappa shape index (κ1) is 10.5. The summed E-state index contributed by atoms with van der Waals surface area (Å²) in [5, 5.41) is 10.0. The van der Waals surface area contributed by atoms with E-state index in [0.29, 0.717) is 5.92 Å². The first-order valence-corrected chi connectivity index (χ1v) is 6.18. The lowest BCUT2D eigenvalue weighted by Crippen LogP contribution is -2.14. The Bertz CT molecular complexity index is 504. The molecule has 0 aromatic heterocycles. The minimum Gasteiger partial charge on any atom is -0.388 e. The van der Waals surface area contributed by atoms with E-state index in [-0.39, 0.29) is 6.10 Å². The molecule has 0 unspecified atom stereocenters. The molecule has 0 amide bonds. The fourth-order valence-electron chi connectivity index (χ4n) is 2.80. The van der Waals surface area contributed by atoms with Gasteiger partial charge in [-0.25, -0.2) is 0 Å². The molecule has 0 aliphatic heterocycles. The topological polar surface area (TPSA) is 20.2 Å². The third-order valence-electron chi connectivity index (χ3n) is 3.66. The lowest BCUT2D eigenvalue weighted by atomic mass is 9.78. The standard InChI is InChI=1S/C16H16O/c17-16-11-10-13(12-6-2-1-3-7-12)14-8-4-5-9-15(14)16/h1-9,13,16-17H,10-11H2/t13-,16+/m1/s1. The number of aliphatic hydroxyl groups excluding tert-OH is 1. The first-order chi connectivity index (χ1) is 8.36. The molecule has 0 bridgehead atoms. The second-order valence-corrected chi connectivity index (χ2v) is 4.69. The van der Waals surface area contributed by atoms with Crippen LogP contribution in [0.5, 0.6) is 0 Å². The van der Waals surface area contributed by atoms with Crippen LogP contribution in [-0.4, -0.2) is 5.11 Å². The molecule has 1 aliphatic carbocycles. The van der Waals surface area contributed by atoms with Gasteiger partial charge in [0.05, 0.1) is 6.10 Å². The van der Waals surface area contributed by atoms with Crippen molar-refractivity contribution in [3.63, 3.8) is 0 Å². The van der Waals surface area contributed by atoms with Crippen molar-refractivity contribution >= 4 is 0 Å². The van der Waals surface area contributed by atoms with Crippen LogP contribution in [-0.2, 0) is 0 Å². The number of aliphatic hydroxyl groups is 1. The Morgan fingerprint density at radius 2 is 1.41 bits per heavy atom. The molecule has 2 aromatic carbocycles. The summed E-state index contributed by atoms with van der Waals surface area (Å²) in [6.07, 6.45) is 1.60. The van der Waals surface area contributed by atoms with Crippen molar-refractivity contribution in [2.24, 2.45) is 0 Å². The Morgan fingerprint density at radius 3 is 2.18 bits per heavy atom. The van der Waals surface area contributed by atoms with Crippen molar-refractivity contribution in [2.75, 3.05) is 0 Å². The maximum Gasteiger partial charge on any atom is 0.0793 e. The molecule has 1 aliphatic rings. The first-order valence-electron chi connectivity index (χ1n) is 6.18. The quantitative estimate of drug-likeness (QED) is 0.784. The fraction of sp³-hybridized carbons (Fsp3) is 0.250. The second-order valence-electron chi connectivity index (χ2n) is 4.69. The number of hydrogen-bond acceptors (Lipinski definition) is 1. The molecule has 0 fully saturated rings. The third kappa shape index (κ3) is 1.87. The summed E-state index contributed by atoms with van der Waals surface area (Å²) in [5.74, 6) is 0.441. The summed E-state index contributed by atoms with van der Waals surface area (Å²) in [5.41, 5.74) is 3.75. The summed E-state index contributed by atoms with van der Waals surface area (Å²) in [7, 11) is 0. The van der Waals surface area contributed by atoms with Crippen molar-refractivity contribution in [1.82, 2.24) is 0 Å². The van der Waals surface area contributed by atoms with E-state index in [1.165, 1.54) is 11.1 Å². The average molecular weight is 224 g/mol. The summed E-state index contributed by atoms with van der Waals surface area (Å²) < 4.78 is 0. The average Bonchev–Trinajstić information content (AvgIpc) is 2.41. The van der Waals surface area contributed by atoms with Gasteiger partial charge in [0.1, 0.15) is 0 Å². The van der Waals surface area contributed by atoms with Crippen LogP contribution in [0.2, 0.25) is 0 Å². The van der Waals surface area contributed by atoms with E-state index in [9.17, 15) is 5.11 Å². The zero-order chi connectivity index (χ0) is 11.7. The van der Waals surface area contributed by atoms with E-state index in [1.807, 2.05) is 12.1 Å². The van der Waals surface area contributed by atoms with Gasteiger partial charge in [-0.3, -0.25) is 0 Å². The number of rotatable bonds is 1. The van der Waals surface area contributed by atoms with Crippen LogP contribution in [0.3, 0.4) is 0 Å². The van der Waals surface area contributed by atoms with Crippen molar-refractivity contribution in [1.29, 1.82) is 0 Å². The Labute approximate surface area is 102 Å². The van der Waals surface area contributed by atoms with Gasteiger partial charge in [-0.1, -0.05) is 54.6 Å². The smallest absolute Gasteiger partial charge is 0.0793 e. The van der Waals surface area contributed by atoms with Gasteiger partial charge in [-0.05, 0) is 29.5 Å². The Balaban J connectivity index is 2.07. The predicted octanol–water partition coefficient (Wildman–Crippen LogP) is 3.65. The molecule has 0 saturated heterocycles. The van der Waals surface area contributed by atoms with Gasteiger partial charge in [-0.15, -0.1) is 0 Å². The summed E-state index contributed by atoms with van der Waals surface area (Å²) in [4.78, 5) is 0. The molecule has 2 aromatic rings. The van der Waals surface area contributed by atoms with Crippen LogP contribution in [0.4, 0.5) is 0 Å². The lowest BCUT2D eigenvalue weighted by Gasteiger charge is -2.29. The zero-order valence-corrected chi connectivity index (χ0v) is 9.71. The van der Waals surface area contributed by atoms with Gasteiger partial charge >= 0.3 is 0 Å². The molecule has 86 valence electrons. The summed E-state index contributed by atoms with van der Waals surface area (Å²) in [6, 6.07) is 18.9. The molecule has 3 rings (SSSR count). The molecular weight excluding hydrogens is 208 g/mol.